The molecule has 3 aromatic heterocycles. The van der Waals surface area contributed by atoms with Crippen molar-refractivity contribution in [2.45, 2.75) is 25.8 Å². The van der Waals surface area contributed by atoms with Crippen LogP contribution in [0.1, 0.15) is 30.1 Å². The monoisotopic (exact) mass is 329 g/mol. The molecule has 1 unspecified atom stereocenters. The van der Waals surface area contributed by atoms with Crippen LogP contribution >= 0.6 is 11.3 Å². The second-order valence-corrected chi connectivity index (χ2v) is 6.71. The van der Waals surface area contributed by atoms with Crippen LogP contribution in [-0.2, 0) is 7.05 Å². The van der Waals surface area contributed by atoms with Crippen LogP contribution < -0.4 is 9.64 Å². The van der Waals surface area contributed by atoms with E-state index >= 15 is 0 Å². The highest BCUT2D eigenvalue weighted by Gasteiger charge is 2.33. The first-order valence-corrected chi connectivity index (χ1v) is 8.61. The smallest absolute Gasteiger partial charge is 0.216 e. The Morgan fingerprint density at radius 1 is 1.35 bits per heavy atom. The number of thiophene rings is 1. The summed E-state index contributed by atoms with van der Waals surface area (Å²) in [5.74, 6) is 1.86. The van der Waals surface area contributed by atoms with Crippen molar-refractivity contribution in [1.29, 1.82) is 0 Å². The van der Waals surface area contributed by atoms with Gasteiger partial charge in [0.15, 0.2) is 0 Å². The fourth-order valence-corrected chi connectivity index (χ4v) is 4.33. The fourth-order valence-electron chi connectivity index (χ4n) is 3.61. The van der Waals surface area contributed by atoms with E-state index in [-0.39, 0.29) is 6.04 Å². The van der Waals surface area contributed by atoms with E-state index in [9.17, 15) is 0 Å². The highest BCUT2D eigenvalue weighted by Crippen LogP contribution is 2.42. The number of rotatable bonds is 3. The Balaban J connectivity index is 1.83. The van der Waals surface area contributed by atoms with Crippen LogP contribution in [0.4, 0.5) is 5.82 Å². The Morgan fingerprint density at radius 3 is 3.04 bits per heavy atom. The average Bonchev–Trinajstić information content (AvgIpc) is 3.24. The number of nitrogens with zero attached hydrogens (tertiary/aromatic N) is 5. The van der Waals surface area contributed by atoms with E-state index in [0.717, 1.165) is 47.0 Å². The van der Waals surface area contributed by atoms with Gasteiger partial charge in [-0.05, 0) is 31.2 Å². The van der Waals surface area contributed by atoms with Crippen molar-refractivity contribution in [2.75, 3.05) is 18.6 Å². The lowest BCUT2D eigenvalue weighted by Crippen LogP contribution is -2.24. The molecule has 0 aromatic carbocycles. The normalized spacial score (nSPS) is 18.0. The maximum absolute atomic E-state index is 5.61. The molecule has 1 aliphatic heterocycles. The Hall–Kier alpha value is -2.15. The summed E-state index contributed by atoms with van der Waals surface area (Å²) in [6.07, 6.45) is 3.88. The van der Waals surface area contributed by atoms with E-state index < -0.39 is 0 Å². The summed E-state index contributed by atoms with van der Waals surface area (Å²) in [6.45, 7) is 3.04. The Kier molecular flexibility index (Phi) is 3.45. The van der Waals surface area contributed by atoms with Crippen LogP contribution in [0.25, 0.3) is 10.2 Å². The summed E-state index contributed by atoms with van der Waals surface area (Å²) in [7, 11) is 3.64. The lowest BCUT2D eigenvalue weighted by Gasteiger charge is -2.26. The third kappa shape index (κ3) is 2.18. The van der Waals surface area contributed by atoms with Crippen molar-refractivity contribution in [3.05, 3.63) is 29.0 Å². The van der Waals surface area contributed by atoms with Crippen molar-refractivity contribution in [3.63, 3.8) is 0 Å². The zero-order valence-electron chi connectivity index (χ0n) is 13.5. The molecule has 0 aliphatic carbocycles. The zero-order valence-corrected chi connectivity index (χ0v) is 14.3. The van der Waals surface area contributed by atoms with Gasteiger partial charge in [-0.1, -0.05) is 0 Å². The molecular formula is C16H19N5OS. The van der Waals surface area contributed by atoms with Gasteiger partial charge in [0.1, 0.15) is 17.0 Å². The largest absolute Gasteiger partial charge is 0.481 e. The Bertz CT molecular complexity index is 855. The second kappa shape index (κ2) is 5.49. The minimum atomic E-state index is 0.247. The van der Waals surface area contributed by atoms with E-state index in [1.807, 2.05) is 11.7 Å². The molecule has 7 heteroatoms. The van der Waals surface area contributed by atoms with Crippen LogP contribution in [-0.4, -0.2) is 33.4 Å². The number of fused-ring (bicyclic) bond motifs is 1. The molecule has 4 rings (SSSR count). The molecule has 0 radical (unpaired) electrons. The number of aryl methyl sites for hydroxylation is 2. The van der Waals surface area contributed by atoms with Gasteiger partial charge in [0.2, 0.25) is 5.88 Å². The van der Waals surface area contributed by atoms with Gasteiger partial charge < -0.3 is 9.64 Å². The lowest BCUT2D eigenvalue weighted by atomic mass is 10.0. The minimum Gasteiger partial charge on any atom is -0.481 e. The summed E-state index contributed by atoms with van der Waals surface area (Å²) in [5.41, 5.74) is 2.20. The summed E-state index contributed by atoms with van der Waals surface area (Å²) in [4.78, 5) is 12.4. The average molecular weight is 329 g/mol. The van der Waals surface area contributed by atoms with Crippen LogP contribution in [0.5, 0.6) is 5.88 Å². The molecule has 0 saturated carbocycles. The molecule has 1 fully saturated rings. The number of hydrogen-bond donors (Lipinski definition) is 0. The molecule has 1 saturated heterocycles. The third-order valence-corrected chi connectivity index (χ3v) is 5.33. The standard InChI is InChI=1S/C16H19N5OS/c1-10-13(16(22-3)20(2)19-10)12-5-4-7-21(12)14-11-6-8-23-15(11)18-9-17-14/h6,8-9,12H,4-5,7H2,1-3H3. The summed E-state index contributed by atoms with van der Waals surface area (Å²) in [5, 5.41) is 7.74. The molecular weight excluding hydrogens is 310 g/mol. The molecule has 6 nitrogen and oxygen atoms in total. The number of ether oxygens (including phenoxy) is 1. The topological polar surface area (TPSA) is 56.1 Å². The first kappa shape index (κ1) is 14.4. The molecule has 0 amide bonds. The molecule has 3 aromatic rings. The zero-order chi connectivity index (χ0) is 16.0. The number of aromatic nitrogens is 4. The molecule has 4 heterocycles. The lowest BCUT2D eigenvalue weighted by molar-refractivity contribution is 0.366. The maximum Gasteiger partial charge on any atom is 0.216 e. The van der Waals surface area contributed by atoms with Crippen LogP contribution in [0.15, 0.2) is 17.8 Å². The van der Waals surface area contributed by atoms with Gasteiger partial charge in [0.05, 0.1) is 29.8 Å². The van der Waals surface area contributed by atoms with Gasteiger partial charge in [-0.2, -0.15) is 5.10 Å². The fraction of sp³-hybridized carbons (Fsp3) is 0.438. The summed E-state index contributed by atoms with van der Waals surface area (Å²) < 4.78 is 7.43. The highest BCUT2D eigenvalue weighted by atomic mass is 32.1. The van der Waals surface area contributed by atoms with Gasteiger partial charge in [-0.15, -0.1) is 11.3 Å². The van der Waals surface area contributed by atoms with Crippen molar-refractivity contribution in [1.82, 2.24) is 19.7 Å². The minimum absolute atomic E-state index is 0.247. The Labute approximate surface area is 138 Å². The number of methoxy groups -OCH3 is 1. The highest BCUT2D eigenvalue weighted by molar-refractivity contribution is 7.16. The van der Waals surface area contributed by atoms with E-state index in [1.165, 1.54) is 5.56 Å². The van der Waals surface area contributed by atoms with Gasteiger partial charge in [0, 0.05) is 13.6 Å². The quantitative estimate of drug-likeness (QED) is 0.739. The van der Waals surface area contributed by atoms with Crippen LogP contribution in [0.2, 0.25) is 0 Å². The molecule has 1 aliphatic rings. The molecule has 120 valence electrons. The molecule has 0 bridgehead atoms. The van der Waals surface area contributed by atoms with Crippen LogP contribution in [0, 0.1) is 6.92 Å². The first-order valence-electron chi connectivity index (χ1n) is 7.73. The van der Waals surface area contributed by atoms with E-state index in [0.29, 0.717) is 0 Å². The van der Waals surface area contributed by atoms with Crippen LogP contribution in [0.3, 0.4) is 0 Å². The second-order valence-electron chi connectivity index (χ2n) is 5.82. The van der Waals surface area contributed by atoms with Crippen molar-refractivity contribution in [3.8, 4) is 5.88 Å². The Morgan fingerprint density at radius 2 is 2.22 bits per heavy atom. The van der Waals surface area contributed by atoms with Gasteiger partial charge in [-0.25, -0.2) is 14.6 Å². The SMILES string of the molecule is COc1c(C2CCCN2c2ncnc3sccc23)c(C)nn1C. The number of anilines is 1. The van der Waals surface area contributed by atoms with Crippen molar-refractivity contribution in [2.24, 2.45) is 7.05 Å². The predicted octanol–water partition coefficient (Wildman–Crippen LogP) is 3.08. The number of hydrogen-bond acceptors (Lipinski definition) is 6. The molecule has 0 spiro atoms. The third-order valence-electron chi connectivity index (χ3n) is 4.51. The first-order chi connectivity index (χ1) is 11.2. The van der Waals surface area contributed by atoms with E-state index in [1.54, 1.807) is 24.8 Å². The van der Waals surface area contributed by atoms with Gasteiger partial charge in [0.25, 0.3) is 0 Å². The van der Waals surface area contributed by atoms with Crippen molar-refractivity contribution >= 4 is 27.4 Å². The van der Waals surface area contributed by atoms with E-state index in [4.69, 9.17) is 4.74 Å². The molecule has 0 N–H and O–H groups in total. The van der Waals surface area contributed by atoms with Crippen molar-refractivity contribution < 1.29 is 4.74 Å². The summed E-state index contributed by atoms with van der Waals surface area (Å²) >= 11 is 1.65. The summed E-state index contributed by atoms with van der Waals surface area (Å²) in [6, 6.07) is 2.36. The van der Waals surface area contributed by atoms with Gasteiger partial charge >= 0.3 is 0 Å². The predicted molar refractivity (Wildman–Crippen MR) is 91.2 cm³/mol. The maximum atomic E-state index is 5.61. The molecule has 23 heavy (non-hydrogen) atoms. The van der Waals surface area contributed by atoms with Gasteiger partial charge in [-0.3, -0.25) is 0 Å². The van der Waals surface area contributed by atoms with E-state index in [2.05, 4.69) is 38.3 Å². The molecule has 1 atom stereocenters.